The molecule has 2 heterocycles. The number of fused-ring (bicyclic) bond motifs is 1. The van der Waals surface area contributed by atoms with Crippen LogP contribution in [0.3, 0.4) is 0 Å². The highest BCUT2D eigenvalue weighted by atomic mass is 35.5. The van der Waals surface area contributed by atoms with Crippen LogP contribution in [-0.2, 0) is 27.8 Å². The van der Waals surface area contributed by atoms with E-state index in [-0.39, 0.29) is 39.2 Å². The number of anilines is 1. The van der Waals surface area contributed by atoms with E-state index in [0.29, 0.717) is 21.8 Å². The molecule has 4 N–H and O–H groups in total. The Morgan fingerprint density at radius 2 is 1.73 bits per heavy atom. The number of rotatable bonds is 10. The van der Waals surface area contributed by atoms with Gasteiger partial charge in [-0.2, -0.15) is 0 Å². The van der Waals surface area contributed by atoms with Crippen molar-refractivity contribution in [2.75, 3.05) is 4.72 Å². The molecule has 0 spiro atoms. The molecule has 0 saturated carbocycles. The van der Waals surface area contributed by atoms with E-state index in [1.807, 2.05) is 0 Å². The number of nitrogens with zero attached hydrogens (tertiary/aromatic N) is 1. The Balaban J connectivity index is 1.39. The third-order valence-corrected chi connectivity index (χ3v) is 9.62. The predicted molar refractivity (Wildman–Crippen MR) is 172 cm³/mol. The number of benzene rings is 3. The van der Waals surface area contributed by atoms with E-state index < -0.39 is 33.7 Å². The number of carbonyl (C=O) groups is 2. The monoisotopic (exact) mass is 693 g/mol. The van der Waals surface area contributed by atoms with Gasteiger partial charge in [0.25, 0.3) is 15.9 Å². The lowest BCUT2D eigenvalue weighted by molar-refractivity contribution is -0.123. The highest BCUT2D eigenvalue weighted by Crippen LogP contribution is 2.34. The molecular weight excluding hydrogens is 672 g/mol. The van der Waals surface area contributed by atoms with E-state index >= 15 is 0 Å². The Labute approximate surface area is 272 Å². The van der Waals surface area contributed by atoms with Crippen molar-refractivity contribution in [1.82, 2.24) is 19.7 Å². The molecule has 1 atom stereocenters. The average Bonchev–Trinajstić information content (AvgIpc) is 3.47. The molecule has 9 nitrogen and oxygen atoms in total. The van der Waals surface area contributed by atoms with Crippen LogP contribution in [0.15, 0.2) is 95.8 Å². The summed E-state index contributed by atoms with van der Waals surface area (Å²) in [5.74, 6) is -1.69. The van der Waals surface area contributed by atoms with Crippen molar-refractivity contribution in [2.45, 2.75) is 19.0 Å². The molecule has 0 radical (unpaired) electrons. The van der Waals surface area contributed by atoms with Gasteiger partial charge in [-0.15, -0.1) is 0 Å². The summed E-state index contributed by atoms with van der Waals surface area (Å²) in [7, 11) is -4.18. The molecule has 44 heavy (non-hydrogen) atoms. The van der Waals surface area contributed by atoms with Crippen LogP contribution in [0, 0.1) is 5.82 Å². The Kier molecular flexibility index (Phi) is 9.76. The maximum atomic E-state index is 13.6. The summed E-state index contributed by atoms with van der Waals surface area (Å²) in [6.07, 6.45) is 6.28. The van der Waals surface area contributed by atoms with Crippen LogP contribution in [-0.4, -0.2) is 30.6 Å². The average molecular weight is 695 g/mol. The molecule has 15 heteroatoms. The molecule has 3 aromatic rings. The maximum absolute atomic E-state index is 13.6. The molecule has 0 unspecified atom stereocenters. The van der Waals surface area contributed by atoms with Crippen molar-refractivity contribution < 1.29 is 22.4 Å². The number of hydrogen-bond acceptors (Lipinski definition) is 7. The van der Waals surface area contributed by atoms with E-state index in [4.69, 9.17) is 34.8 Å². The molecule has 3 aromatic carbocycles. The quantitative estimate of drug-likeness (QED) is 0.195. The molecule has 5 rings (SSSR count). The molecule has 0 aromatic heterocycles. The van der Waals surface area contributed by atoms with Crippen LogP contribution in [0.5, 0.6) is 0 Å². The summed E-state index contributed by atoms with van der Waals surface area (Å²) in [5, 5.41) is 6.22. The number of amides is 2. The van der Waals surface area contributed by atoms with Crippen LogP contribution in [0.2, 0.25) is 15.1 Å². The van der Waals surface area contributed by atoms with Crippen LogP contribution in [0.4, 0.5) is 10.1 Å². The van der Waals surface area contributed by atoms with Gasteiger partial charge in [0.15, 0.2) is 0 Å². The molecule has 0 aliphatic carbocycles. The molecule has 0 bridgehead atoms. The van der Waals surface area contributed by atoms with E-state index in [2.05, 4.69) is 20.1 Å². The summed E-state index contributed by atoms with van der Waals surface area (Å²) >= 11 is 19.6. The smallest absolute Gasteiger partial charge is 0.264 e. The number of nitrogens with one attached hydrogen (secondary N) is 4. The van der Waals surface area contributed by atoms with E-state index in [0.717, 1.165) is 0 Å². The van der Waals surface area contributed by atoms with Gasteiger partial charge in [-0.3, -0.25) is 18.6 Å². The number of sulfonamides is 1. The lowest BCUT2D eigenvalue weighted by Crippen LogP contribution is -2.48. The van der Waals surface area contributed by atoms with Gasteiger partial charge in [-0.05, 0) is 65.7 Å². The number of carbonyl (C=O) groups excluding carboxylic acids is 2. The van der Waals surface area contributed by atoms with Gasteiger partial charge >= 0.3 is 0 Å². The summed E-state index contributed by atoms with van der Waals surface area (Å²) in [6.45, 7) is 0.0718. The molecule has 0 saturated heterocycles. The van der Waals surface area contributed by atoms with Crippen molar-refractivity contribution in [3.63, 3.8) is 0 Å². The second-order valence-electron chi connectivity index (χ2n) is 9.56. The van der Waals surface area contributed by atoms with Gasteiger partial charge in [-0.1, -0.05) is 53.0 Å². The summed E-state index contributed by atoms with van der Waals surface area (Å²) < 4.78 is 47.2. The topological polar surface area (TPSA) is 120 Å². The zero-order valence-corrected chi connectivity index (χ0v) is 26.4. The first-order chi connectivity index (χ1) is 21.0. The second-order valence-corrected chi connectivity index (χ2v) is 13.3. The summed E-state index contributed by atoms with van der Waals surface area (Å²) in [6, 6.07) is 13.4. The van der Waals surface area contributed by atoms with Gasteiger partial charge in [0.05, 0.1) is 39.1 Å². The SMILES string of the molecule is O=C(N[C@@H](Cc1ccc(Cl)c(Cl)c1)C(=O)NCc1ccc(F)cc1)c1ccc(Cl)cc1NS(=O)(=O)C1=CC=CN2SNC=C12. The van der Waals surface area contributed by atoms with Crippen molar-refractivity contribution >= 4 is 74.5 Å². The normalized spacial score (nSPS) is 14.6. The first-order valence-corrected chi connectivity index (χ1v) is 16.3. The van der Waals surface area contributed by atoms with Crippen molar-refractivity contribution in [3.05, 3.63) is 133 Å². The Hall–Kier alpha value is -3.68. The number of hydrogen-bond donors (Lipinski definition) is 4. The van der Waals surface area contributed by atoms with Gasteiger partial charge < -0.3 is 15.4 Å². The molecule has 2 amide bonds. The van der Waals surface area contributed by atoms with Gasteiger partial charge in [-0.25, -0.2) is 12.8 Å². The summed E-state index contributed by atoms with van der Waals surface area (Å²) in [4.78, 5) is 27.0. The van der Waals surface area contributed by atoms with Gasteiger partial charge in [0.2, 0.25) is 5.91 Å². The van der Waals surface area contributed by atoms with Crippen LogP contribution in [0.1, 0.15) is 21.5 Å². The Morgan fingerprint density at radius 3 is 2.48 bits per heavy atom. The third kappa shape index (κ3) is 7.51. The molecular formula is C29H23Cl3FN5O4S2. The number of allylic oxidation sites excluding steroid dienone is 2. The first-order valence-electron chi connectivity index (χ1n) is 12.9. The van der Waals surface area contributed by atoms with Gasteiger partial charge in [0.1, 0.15) is 16.8 Å². The minimum Gasteiger partial charge on any atom is -0.350 e. The van der Waals surface area contributed by atoms with E-state index in [9.17, 15) is 22.4 Å². The van der Waals surface area contributed by atoms with Crippen molar-refractivity contribution in [3.8, 4) is 0 Å². The van der Waals surface area contributed by atoms with E-state index in [1.54, 1.807) is 41.0 Å². The first kappa shape index (κ1) is 31.7. The maximum Gasteiger partial charge on any atom is 0.264 e. The van der Waals surface area contributed by atoms with Crippen LogP contribution in [0.25, 0.3) is 0 Å². The highest BCUT2D eigenvalue weighted by molar-refractivity contribution is 7.97. The molecule has 0 fully saturated rings. The zero-order chi connectivity index (χ0) is 31.4. The van der Waals surface area contributed by atoms with Gasteiger partial charge in [0, 0.05) is 30.4 Å². The fourth-order valence-corrected chi connectivity index (χ4v) is 6.79. The lowest BCUT2D eigenvalue weighted by Gasteiger charge is -2.22. The molecule has 2 aliphatic rings. The number of halogens is 4. The molecule has 228 valence electrons. The van der Waals surface area contributed by atoms with E-state index in [1.165, 1.54) is 60.7 Å². The second kappa shape index (κ2) is 13.5. The van der Waals surface area contributed by atoms with Crippen LogP contribution < -0.4 is 20.1 Å². The van der Waals surface area contributed by atoms with Crippen molar-refractivity contribution in [1.29, 1.82) is 0 Å². The predicted octanol–water partition coefficient (Wildman–Crippen LogP) is 5.91. The minimum absolute atomic E-state index is 0.0264. The third-order valence-electron chi connectivity index (χ3n) is 6.49. The van der Waals surface area contributed by atoms with Crippen LogP contribution >= 0.6 is 46.9 Å². The summed E-state index contributed by atoms with van der Waals surface area (Å²) in [5.41, 5.74) is 1.50. The van der Waals surface area contributed by atoms with Crippen molar-refractivity contribution in [2.24, 2.45) is 0 Å². The Bertz CT molecular complexity index is 1820. The zero-order valence-electron chi connectivity index (χ0n) is 22.5. The standard InChI is InChI=1S/C29H23Cl3FN5O4S2/c30-19-6-9-21(24(14-19)37-44(41,42)27-2-1-11-38-26(27)16-35-43-38)28(39)36-25(13-18-5-10-22(31)23(32)12-18)29(40)34-15-17-3-7-20(33)8-4-17/h1-12,14,16,25,35,37H,13,15H2,(H,34,40)(H,36,39)/t25-/m0/s1. The molecule has 2 aliphatic heterocycles. The minimum atomic E-state index is -4.18. The highest BCUT2D eigenvalue weighted by Gasteiger charge is 2.31. The Morgan fingerprint density at radius 1 is 0.977 bits per heavy atom. The fourth-order valence-electron chi connectivity index (χ4n) is 4.32. The fraction of sp³-hybridized carbons (Fsp3) is 0.103. The largest absolute Gasteiger partial charge is 0.350 e. The lowest BCUT2D eigenvalue weighted by atomic mass is 10.0.